The van der Waals surface area contributed by atoms with Crippen molar-refractivity contribution in [3.63, 3.8) is 0 Å². The topological polar surface area (TPSA) is 70.2 Å². The zero-order valence-corrected chi connectivity index (χ0v) is 14.5. The first-order valence-electron chi connectivity index (χ1n) is 8.03. The Morgan fingerprint density at radius 2 is 2.16 bits per heavy atom. The molecule has 0 fully saturated rings. The molecule has 3 rings (SSSR count). The monoisotopic (exact) mass is 352 g/mol. The molecule has 0 unspecified atom stereocenters. The Labute approximate surface area is 151 Å². The Balaban J connectivity index is 2.03. The number of hydrogen-bond donors (Lipinski definition) is 1. The maximum Gasteiger partial charge on any atom is 0.274 e. The SMILES string of the molecule is CC=CC=Nc1c(C#N)c2n(c1C(=O)Nc1ccc(Cl)cc1)CCC2. The van der Waals surface area contributed by atoms with E-state index in [1.54, 1.807) is 36.6 Å². The fraction of sp³-hybridized carbons (Fsp3) is 0.211. The zero-order chi connectivity index (χ0) is 17.8. The quantitative estimate of drug-likeness (QED) is 0.823. The van der Waals surface area contributed by atoms with Crippen LogP contribution in [0.15, 0.2) is 41.4 Å². The van der Waals surface area contributed by atoms with Crippen LogP contribution in [0.4, 0.5) is 11.4 Å². The number of nitrogens with one attached hydrogen (secondary N) is 1. The normalized spacial score (nSPS) is 13.3. The summed E-state index contributed by atoms with van der Waals surface area (Å²) in [5.74, 6) is -0.278. The lowest BCUT2D eigenvalue weighted by atomic mass is 10.1. The molecule has 0 radical (unpaired) electrons. The molecule has 0 saturated heterocycles. The molecule has 1 aromatic heterocycles. The summed E-state index contributed by atoms with van der Waals surface area (Å²) in [5.41, 5.74) is 2.88. The van der Waals surface area contributed by atoms with Crippen LogP contribution in [0.1, 0.15) is 35.1 Å². The number of rotatable bonds is 4. The number of halogens is 1. The van der Waals surface area contributed by atoms with Gasteiger partial charge in [-0.05, 0) is 50.1 Å². The summed E-state index contributed by atoms with van der Waals surface area (Å²) in [6.45, 7) is 2.59. The van der Waals surface area contributed by atoms with Crippen molar-refractivity contribution in [1.29, 1.82) is 5.26 Å². The fourth-order valence-electron chi connectivity index (χ4n) is 2.96. The van der Waals surface area contributed by atoms with Crippen LogP contribution in [0.25, 0.3) is 0 Å². The third-order valence-corrected chi connectivity index (χ3v) is 4.30. The minimum atomic E-state index is -0.278. The molecule has 2 aromatic rings. The molecule has 25 heavy (non-hydrogen) atoms. The predicted molar refractivity (Wildman–Crippen MR) is 99.8 cm³/mol. The highest BCUT2D eigenvalue weighted by atomic mass is 35.5. The van der Waals surface area contributed by atoms with Gasteiger partial charge < -0.3 is 9.88 Å². The summed E-state index contributed by atoms with van der Waals surface area (Å²) in [4.78, 5) is 17.2. The van der Waals surface area contributed by atoms with Crippen LogP contribution in [0.3, 0.4) is 0 Å². The van der Waals surface area contributed by atoms with Crippen LogP contribution in [0, 0.1) is 11.3 Å². The number of benzene rings is 1. The lowest BCUT2D eigenvalue weighted by Gasteiger charge is -2.09. The molecule has 0 aliphatic carbocycles. The first-order chi connectivity index (χ1) is 12.2. The highest BCUT2D eigenvalue weighted by Crippen LogP contribution is 2.35. The van der Waals surface area contributed by atoms with Gasteiger partial charge in [0.2, 0.25) is 0 Å². The van der Waals surface area contributed by atoms with E-state index in [2.05, 4.69) is 16.4 Å². The van der Waals surface area contributed by atoms with Crippen molar-refractivity contribution in [2.75, 3.05) is 5.32 Å². The maximum absolute atomic E-state index is 12.9. The number of hydrogen-bond acceptors (Lipinski definition) is 3. The van der Waals surface area contributed by atoms with Gasteiger partial charge in [-0.2, -0.15) is 5.26 Å². The van der Waals surface area contributed by atoms with Gasteiger partial charge in [0, 0.05) is 29.2 Å². The van der Waals surface area contributed by atoms with E-state index in [0.717, 1.165) is 18.5 Å². The van der Waals surface area contributed by atoms with Gasteiger partial charge in [-0.15, -0.1) is 0 Å². The molecule has 0 atom stereocenters. The Morgan fingerprint density at radius 1 is 1.40 bits per heavy atom. The molecule has 0 saturated carbocycles. The number of aliphatic imine (C=N–C) groups is 1. The number of aromatic nitrogens is 1. The van der Waals surface area contributed by atoms with Crippen molar-refractivity contribution in [3.8, 4) is 6.07 Å². The van der Waals surface area contributed by atoms with Gasteiger partial charge in [-0.25, -0.2) is 0 Å². The van der Waals surface area contributed by atoms with Crippen LogP contribution in [-0.4, -0.2) is 16.7 Å². The number of nitrogens with zero attached hydrogens (tertiary/aromatic N) is 3. The average Bonchev–Trinajstić information content (AvgIpc) is 3.17. The maximum atomic E-state index is 12.9. The second-order valence-electron chi connectivity index (χ2n) is 5.65. The number of amides is 1. The summed E-state index contributed by atoms with van der Waals surface area (Å²) < 4.78 is 1.91. The van der Waals surface area contributed by atoms with Crippen molar-refractivity contribution in [2.24, 2.45) is 4.99 Å². The van der Waals surface area contributed by atoms with Crippen molar-refractivity contribution in [3.05, 3.63) is 58.4 Å². The number of allylic oxidation sites excluding steroid dienone is 2. The Hall–Kier alpha value is -2.84. The summed E-state index contributed by atoms with van der Waals surface area (Å²) in [6.07, 6.45) is 6.91. The molecule has 1 aliphatic heterocycles. The first-order valence-corrected chi connectivity index (χ1v) is 8.41. The van der Waals surface area contributed by atoms with Gasteiger partial charge in [-0.1, -0.05) is 17.7 Å². The Kier molecular flexibility index (Phi) is 5.01. The predicted octanol–water partition coefficient (Wildman–Crippen LogP) is 4.49. The number of carbonyl (C=O) groups excluding carboxylic acids is 1. The summed E-state index contributed by atoms with van der Waals surface area (Å²) >= 11 is 5.88. The highest BCUT2D eigenvalue weighted by molar-refractivity contribution is 6.30. The average molecular weight is 353 g/mol. The summed E-state index contributed by atoms with van der Waals surface area (Å²) in [7, 11) is 0. The fourth-order valence-corrected chi connectivity index (χ4v) is 3.09. The smallest absolute Gasteiger partial charge is 0.274 e. The number of nitriles is 1. The van der Waals surface area contributed by atoms with E-state index in [1.165, 1.54) is 0 Å². The van der Waals surface area contributed by atoms with Crippen LogP contribution >= 0.6 is 11.6 Å². The van der Waals surface area contributed by atoms with E-state index in [0.29, 0.717) is 34.2 Å². The lowest BCUT2D eigenvalue weighted by molar-refractivity contribution is 0.101. The largest absolute Gasteiger partial charge is 0.337 e. The number of fused-ring (bicyclic) bond motifs is 1. The minimum Gasteiger partial charge on any atom is -0.337 e. The van der Waals surface area contributed by atoms with E-state index in [9.17, 15) is 10.1 Å². The molecule has 1 aliphatic rings. The minimum absolute atomic E-state index is 0.278. The molecule has 2 heterocycles. The van der Waals surface area contributed by atoms with Crippen molar-refractivity contribution in [1.82, 2.24) is 4.57 Å². The van der Waals surface area contributed by atoms with E-state index >= 15 is 0 Å². The molecular formula is C19H17ClN4O. The van der Waals surface area contributed by atoms with Crippen LogP contribution in [0.2, 0.25) is 5.02 Å². The van der Waals surface area contributed by atoms with Gasteiger partial charge in [0.1, 0.15) is 17.5 Å². The molecule has 1 aromatic carbocycles. The van der Waals surface area contributed by atoms with Gasteiger partial charge in [0.25, 0.3) is 5.91 Å². The van der Waals surface area contributed by atoms with E-state index in [-0.39, 0.29) is 5.91 Å². The van der Waals surface area contributed by atoms with Gasteiger partial charge in [-0.3, -0.25) is 9.79 Å². The van der Waals surface area contributed by atoms with Crippen molar-refractivity contribution >= 4 is 35.1 Å². The van der Waals surface area contributed by atoms with Gasteiger partial charge >= 0.3 is 0 Å². The molecule has 1 amide bonds. The molecule has 0 bridgehead atoms. The van der Waals surface area contributed by atoms with E-state index in [1.807, 2.05) is 17.6 Å². The Morgan fingerprint density at radius 3 is 2.84 bits per heavy atom. The molecular weight excluding hydrogens is 336 g/mol. The highest BCUT2D eigenvalue weighted by Gasteiger charge is 2.29. The van der Waals surface area contributed by atoms with Gasteiger partial charge in [0.05, 0.1) is 5.56 Å². The second kappa shape index (κ2) is 7.37. The second-order valence-corrected chi connectivity index (χ2v) is 6.09. The van der Waals surface area contributed by atoms with Crippen molar-refractivity contribution in [2.45, 2.75) is 26.3 Å². The summed E-state index contributed by atoms with van der Waals surface area (Å²) in [5, 5.41) is 13.0. The lowest BCUT2D eigenvalue weighted by Crippen LogP contribution is -2.16. The third kappa shape index (κ3) is 3.35. The molecule has 6 heteroatoms. The van der Waals surface area contributed by atoms with E-state index in [4.69, 9.17) is 11.6 Å². The van der Waals surface area contributed by atoms with Crippen LogP contribution in [-0.2, 0) is 13.0 Å². The van der Waals surface area contributed by atoms with Crippen LogP contribution < -0.4 is 5.32 Å². The molecule has 0 spiro atoms. The van der Waals surface area contributed by atoms with Crippen molar-refractivity contribution < 1.29 is 4.79 Å². The first kappa shape index (κ1) is 17.0. The third-order valence-electron chi connectivity index (χ3n) is 4.05. The van der Waals surface area contributed by atoms with Gasteiger partial charge in [0.15, 0.2) is 0 Å². The van der Waals surface area contributed by atoms with Crippen LogP contribution in [0.5, 0.6) is 0 Å². The number of anilines is 1. The summed E-state index contributed by atoms with van der Waals surface area (Å²) in [6, 6.07) is 9.12. The molecule has 5 nitrogen and oxygen atoms in total. The Bertz CT molecular complexity index is 901. The zero-order valence-electron chi connectivity index (χ0n) is 13.8. The molecule has 126 valence electrons. The van der Waals surface area contributed by atoms with E-state index < -0.39 is 0 Å². The number of carbonyl (C=O) groups is 1. The standard InChI is InChI=1S/C19H17ClN4O/c1-2-3-10-22-17-15(12-21)16-5-4-11-24(16)18(17)19(25)23-14-8-6-13(20)7-9-14/h2-3,6-10H,4-5,11H2,1H3,(H,23,25). The molecule has 1 N–H and O–H groups in total.